The maximum atomic E-state index is 14.2. The largest absolute Gasteiger partial charge is 0.484 e. The van der Waals surface area contributed by atoms with Crippen molar-refractivity contribution in [2.45, 2.75) is 68.4 Å². The Labute approximate surface area is 279 Å². The van der Waals surface area contributed by atoms with Crippen molar-refractivity contribution in [3.63, 3.8) is 0 Å². The fourth-order valence-electron chi connectivity index (χ4n) is 5.76. The topological polar surface area (TPSA) is 134 Å². The summed E-state index contributed by atoms with van der Waals surface area (Å²) in [7, 11) is 0.128. The minimum absolute atomic E-state index is 0.0209. The van der Waals surface area contributed by atoms with E-state index in [0.717, 1.165) is 5.56 Å². The van der Waals surface area contributed by atoms with Crippen LogP contribution in [0.2, 0.25) is 0 Å². The molecule has 3 aromatic rings. The van der Waals surface area contributed by atoms with Crippen molar-refractivity contribution in [3.05, 3.63) is 72.6 Å². The Hall–Kier alpha value is -4.63. The van der Waals surface area contributed by atoms with Gasteiger partial charge in [-0.05, 0) is 69.6 Å². The molecule has 1 aromatic heterocycles. The molecule has 0 bridgehead atoms. The zero-order chi connectivity index (χ0) is 34.9. The zero-order valence-electron chi connectivity index (χ0n) is 27.4. The Balaban J connectivity index is 1.47. The molecule has 1 N–H and O–H groups in total. The maximum Gasteiger partial charge on any atom is 0.248 e. The number of aliphatic imine (C=N–C) groups is 1. The van der Waals surface area contributed by atoms with Gasteiger partial charge in [0.1, 0.15) is 5.41 Å². The van der Waals surface area contributed by atoms with Gasteiger partial charge in [-0.1, -0.05) is 35.9 Å². The van der Waals surface area contributed by atoms with Gasteiger partial charge in [-0.25, -0.2) is 13.8 Å². The zero-order valence-corrected chi connectivity index (χ0v) is 28.2. The molecule has 1 saturated carbocycles. The second-order valence-corrected chi connectivity index (χ2v) is 14.9. The number of nitrogens with zero attached hydrogens (tertiary/aromatic N) is 5. The first-order valence-electron chi connectivity index (χ1n) is 15.5. The van der Waals surface area contributed by atoms with Crippen LogP contribution < -0.4 is 10.2 Å². The van der Waals surface area contributed by atoms with Crippen molar-refractivity contribution in [1.82, 2.24) is 15.5 Å². The van der Waals surface area contributed by atoms with Crippen LogP contribution in [-0.4, -0.2) is 63.1 Å². The van der Waals surface area contributed by atoms with Crippen molar-refractivity contribution < 1.29 is 26.9 Å². The fourth-order valence-corrected chi connectivity index (χ4v) is 7.79. The summed E-state index contributed by atoms with van der Waals surface area (Å²) in [6, 6.07) is 13.7. The number of amides is 1. The van der Waals surface area contributed by atoms with Gasteiger partial charge in [0.2, 0.25) is 23.6 Å². The number of rotatable bonds is 8. The lowest BCUT2D eigenvalue weighted by Gasteiger charge is -2.28. The van der Waals surface area contributed by atoms with Gasteiger partial charge >= 0.3 is 0 Å². The molecule has 0 radical (unpaired) electrons. The van der Waals surface area contributed by atoms with Crippen LogP contribution in [0.25, 0.3) is 17.2 Å². The van der Waals surface area contributed by atoms with E-state index in [9.17, 15) is 23.0 Å². The summed E-state index contributed by atoms with van der Waals surface area (Å²) in [5.74, 6) is -2.50. The average molecular weight is 677 g/mol. The molecule has 252 valence electrons. The van der Waals surface area contributed by atoms with E-state index in [1.165, 1.54) is 7.11 Å². The molecule has 0 saturated heterocycles. The van der Waals surface area contributed by atoms with E-state index in [1.54, 1.807) is 44.0 Å². The van der Waals surface area contributed by atoms with Gasteiger partial charge in [0.05, 0.1) is 47.8 Å². The van der Waals surface area contributed by atoms with Crippen LogP contribution in [0.3, 0.4) is 0 Å². The molecule has 1 aliphatic carbocycles. The van der Waals surface area contributed by atoms with Crippen molar-refractivity contribution in [1.29, 1.82) is 5.26 Å². The molecule has 1 fully saturated rings. The number of nitriles is 1. The summed E-state index contributed by atoms with van der Waals surface area (Å²) in [5, 5.41) is 23.4. The molecule has 48 heavy (non-hydrogen) atoms. The van der Waals surface area contributed by atoms with E-state index in [0.29, 0.717) is 33.3 Å². The monoisotopic (exact) mass is 676 g/mol. The third-order valence-corrected chi connectivity index (χ3v) is 11.1. The van der Waals surface area contributed by atoms with Crippen molar-refractivity contribution in [3.8, 4) is 17.5 Å². The highest BCUT2D eigenvalue weighted by atomic mass is 32.2. The molecular formula is C35H38F2N6O4S. The lowest BCUT2D eigenvalue weighted by atomic mass is 9.86. The predicted molar refractivity (Wildman–Crippen MR) is 181 cm³/mol. The molecular weight excluding hydrogens is 638 g/mol. The fraction of sp³-hybridized carbons (Fsp3) is 0.400. The van der Waals surface area contributed by atoms with Crippen molar-refractivity contribution in [2.75, 3.05) is 24.8 Å². The van der Waals surface area contributed by atoms with Gasteiger partial charge in [0.25, 0.3) is 0 Å². The van der Waals surface area contributed by atoms with Crippen LogP contribution in [0.4, 0.5) is 14.5 Å². The Morgan fingerprint density at radius 1 is 1.23 bits per heavy atom. The lowest BCUT2D eigenvalue weighted by molar-refractivity contribution is -0.120. The van der Waals surface area contributed by atoms with Crippen molar-refractivity contribution in [2.24, 2.45) is 10.9 Å². The SMILES string of the molecule is C=C=S1(=O)C[C@H](NC)C(=O)N(Cc2ccc(C(=C)N=C(OC)C3CCC(F)(F)CC3)cc2)c2cc(-c3nnc(C(C)(C)C#N)o3)ccc21. The van der Waals surface area contributed by atoms with Gasteiger partial charge in [-0.3, -0.25) is 9.00 Å². The van der Waals surface area contributed by atoms with Crippen LogP contribution in [-0.2, 0) is 31.0 Å². The second-order valence-electron chi connectivity index (χ2n) is 12.5. The lowest BCUT2D eigenvalue weighted by Crippen LogP contribution is -2.46. The number of nitrogens with one attached hydrogen (secondary N) is 1. The summed E-state index contributed by atoms with van der Waals surface area (Å²) in [5.41, 5.74) is 1.75. The summed E-state index contributed by atoms with van der Waals surface area (Å²) >= 11 is 0. The number of halogens is 2. The molecule has 1 amide bonds. The number of anilines is 1. The van der Waals surface area contributed by atoms with Crippen LogP contribution >= 0.6 is 0 Å². The third kappa shape index (κ3) is 6.97. The maximum absolute atomic E-state index is 14.2. The van der Waals surface area contributed by atoms with Gasteiger partial charge < -0.3 is 19.4 Å². The molecule has 2 aliphatic rings. The van der Waals surface area contributed by atoms with E-state index in [-0.39, 0.29) is 61.6 Å². The van der Waals surface area contributed by atoms with Gasteiger partial charge in [0.15, 0.2) is 5.90 Å². The quantitative estimate of drug-likeness (QED) is 0.181. The van der Waals surface area contributed by atoms with E-state index in [4.69, 9.17) is 9.15 Å². The molecule has 0 spiro atoms. The van der Waals surface area contributed by atoms with Crippen molar-refractivity contribution >= 4 is 37.7 Å². The number of ether oxygens (including phenoxy) is 1. The van der Waals surface area contributed by atoms with Gasteiger partial charge in [0, 0.05) is 33.8 Å². The summed E-state index contributed by atoms with van der Waals surface area (Å²) < 4.78 is 52.9. The van der Waals surface area contributed by atoms with Crippen LogP contribution in [0.15, 0.2) is 69.9 Å². The Kier molecular flexibility index (Phi) is 9.74. The number of methoxy groups -OCH3 is 1. The van der Waals surface area contributed by atoms with Gasteiger partial charge in [-0.15, -0.1) is 10.2 Å². The van der Waals surface area contributed by atoms with E-state index in [2.05, 4.69) is 44.8 Å². The Bertz CT molecular complexity index is 1940. The normalized spacial score (nSPS) is 21.5. The molecule has 5 rings (SSSR count). The summed E-state index contributed by atoms with van der Waals surface area (Å²) in [6.07, 6.45) is 0.164. The number of carbonyl (C=O) groups excluding carboxylic acids is 1. The highest BCUT2D eigenvalue weighted by molar-refractivity contribution is 8.01. The first-order valence-corrected chi connectivity index (χ1v) is 17.2. The Morgan fingerprint density at radius 2 is 1.92 bits per heavy atom. The number of benzene rings is 2. The molecule has 2 aromatic carbocycles. The number of hydrogen-bond donors (Lipinski definition) is 1. The number of fused-ring (bicyclic) bond motifs is 1. The summed E-state index contributed by atoms with van der Waals surface area (Å²) in [6.45, 7) is 11.3. The minimum Gasteiger partial charge on any atom is -0.484 e. The van der Waals surface area contributed by atoms with Crippen LogP contribution in [0.5, 0.6) is 0 Å². The van der Waals surface area contributed by atoms with E-state index < -0.39 is 26.9 Å². The average Bonchev–Trinajstić information content (AvgIpc) is 3.57. The molecule has 13 heteroatoms. The number of likely N-dealkylation sites (N-methyl/N-ethyl adjacent to an activating group) is 1. The molecule has 2 heterocycles. The van der Waals surface area contributed by atoms with Crippen LogP contribution in [0, 0.1) is 17.2 Å². The minimum atomic E-state index is -2.99. The standard InChI is InChI=1S/C35H38F2N6O4S/c1-7-48(45)20-27(39-5)32(44)43(28-18-26(12-13-29(28)48)31-41-42-33(47-31)34(3,4)21-38)19-23-8-10-24(11-9-23)22(2)40-30(46-6)25-14-16-35(36,37)17-15-25/h8-13,18,25,27,39H,1-2,14-17,19-20H2,3-6H3/t27-,48?/m0/s1. The summed E-state index contributed by atoms with van der Waals surface area (Å²) in [4.78, 5) is 20.5. The first kappa shape index (κ1) is 34.7. The highest BCUT2D eigenvalue weighted by Gasteiger charge is 2.38. The molecule has 1 unspecified atom stereocenters. The van der Waals surface area contributed by atoms with E-state index >= 15 is 0 Å². The number of hydrogen-bond acceptors (Lipinski definition) is 9. The second kappa shape index (κ2) is 13.5. The molecule has 1 aliphatic heterocycles. The first-order chi connectivity index (χ1) is 22.7. The predicted octanol–water partition coefficient (Wildman–Crippen LogP) is 5.74. The number of carbonyl (C=O) groups is 1. The number of aromatic nitrogens is 2. The molecule has 2 atom stereocenters. The van der Waals surface area contributed by atoms with Gasteiger partial charge in [-0.2, -0.15) is 5.26 Å². The van der Waals surface area contributed by atoms with E-state index in [1.807, 2.05) is 24.3 Å². The Morgan fingerprint density at radius 3 is 2.52 bits per heavy atom. The number of alkyl halides is 2. The smallest absolute Gasteiger partial charge is 0.248 e. The molecule has 10 nitrogen and oxygen atoms in total. The third-order valence-electron chi connectivity index (χ3n) is 8.79. The van der Waals surface area contributed by atoms with Crippen LogP contribution in [0.1, 0.15) is 56.5 Å². The highest BCUT2D eigenvalue weighted by Crippen LogP contribution is 2.38.